The Kier molecular flexibility index (Phi) is 13.4. The van der Waals surface area contributed by atoms with Gasteiger partial charge in [0.1, 0.15) is 36.5 Å². The van der Waals surface area contributed by atoms with E-state index in [4.69, 9.17) is 52.1 Å². The maximum absolute atomic E-state index is 12.5. The molecule has 0 saturated carbocycles. The third-order valence-electron chi connectivity index (χ3n) is 6.96. The van der Waals surface area contributed by atoms with Crippen molar-refractivity contribution in [2.45, 2.75) is 141 Å². The Balaban J connectivity index is 1.98. The molecule has 17 heteroatoms. The zero-order chi connectivity index (χ0) is 35.3. The fourth-order valence-electron chi connectivity index (χ4n) is 5.56. The first kappa shape index (κ1) is 38.9. The Morgan fingerprint density at radius 2 is 1.17 bits per heavy atom. The topological polar surface area (TPSA) is 187 Å². The van der Waals surface area contributed by atoms with Crippen molar-refractivity contribution < 1.29 is 76.1 Å². The molecule has 0 aromatic carbocycles. The van der Waals surface area contributed by atoms with E-state index in [1.165, 1.54) is 11.8 Å². The van der Waals surface area contributed by atoms with Gasteiger partial charge in [-0.1, -0.05) is 6.92 Å². The van der Waals surface area contributed by atoms with E-state index in [-0.39, 0.29) is 6.61 Å². The van der Waals surface area contributed by atoms with Crippen LogP contribution >= 0.6 is 11.8 Å². The molecule has 0 bridgehead atoms. The van der Waals surface area contributed by atoms with E-state index in [1.807, 2.05) is 6.92 Å². The molecule has 3 saturated heterocycles. The summed E-state index contributed by atoms with van der Waals surface area (Å²) in [6, 6.07) is 0. The Bertz CT molecular complexity index is 1140. The molecule has 3 aliphatic rings. The molecule has 3 heterocycles. The lowest BCUT2D eigenvalue weighted by molar-refractivity contribution is -0.247. The average Bonchev–Trinajstić information content (AvgIpc) is 3.42. The van der Waals surface area contributed by atoms with E-state index in [0.29, 0.717) is 5.75 Å². The van der Waals surface area contributed by atoms with Crippen molar-refractivity contribution in [3.8, 4) is 0 Å². The van der Waals surface area contributed by atoms with Gasteiger partial charge in [-0.25, -0.2) is 0 Å². The maximum atomic E-state index is 12.5. The molecule has 10 atom stereocenters. The summed E-state index contributed by atoms with van der Waals surface area (Å²) in [5, 5.41) is 0. The number of hydrogen-bond donors (Lipinski definition) is 0. The Hall–Kier alpha value is -2.54. The Morgan fingerprint density at radius 1 is 0.660 bits per heavy atom. The van der Waals surface area contributed by atoms with E-state index in [1.54, 1.807) is 27.7 Å². The van der Waals surface area contributed by atoms with Crippen LogP contribution in [0.1, 0.15) is 69.2 Å². The molecule has 3 rings (SSSR count). The zero-order valence-corrected chi connectivity index (χ0v) is 29.2. The second-order valence-electron chi connectivity index (χ2n) is 12.0. The van der Waals surface area contributed by atoms with Crippen molar-refractivity contribution in [2.75, 3.05) is 19.0 Å². The van der Waals surface area contributed by atoms with Gasteiger partial charge in [0.15, 0.2) is 42.3 Å². The van der Waals surface area contributed by atoms with Gasteiger partial charge in [0, 0.05) is 34.6 Å². The molecule has 0 N–H and O–H groups in total. The lowest BCUT2D eigenvalue weighted by Crippen LogP contribution is -2.58. The standard InChI is InChI=1S/C30H46O16S/c1-11-47-28(37-13-20-22-24(44-29(7,8)43-22)25-27(42-20)46-30(9,10)45-25)26(41-18(6)35)23(40-17(5)34)21(39-16(4)33)19(38-15(3)32)12-36-14(2)31/h19-28H,11-13H2,1-10H3/t19-,20-,21+,22+,23+,24+,25-,26-,27-,28+/m1/s1. The van der Waals surface area contributed by atoms with E-state index < -0.39 is 109 Å². The highest BCUT2D eigenvalue weighted by Gasteiger charge is 2.61. The summed E-state index contributed by atoms with van der Waals surface area (Å²) in [5.41, 5.74) is -1.08. The molecule has 0 spiro atoms. The van der Waals surface area contributed by atoms with E-state index in [2.05, 4.69) is 0 Å². The third kappa shape index (κ3) is 11.0. The number of carbonyl (C=O) groups is 5. The van der Waals surface area contributed by atoms with E-state index in [9.17, 15) is 24.0 Å². The van der Waals surface area contributed by atoms with Gasteiger partial charge in [-0.3, -0.25) is 24.0 Å². The number of rotatable bonds is 15. The number of hydrogen-bond acceptors (Lipinski definition) is 17. The lowest BCUT2D eigenvalue weighted by atomic mass is 9.99. The minimum absolute atomic E-state index is 0.144. The quantitative estimate of drug-likeness (QED) is 0.137. The predicted molar refractivity (Wildman–Crippen MR) is 159 cm³/mol. The summed E-state index contributed by atoms with van der Waals surface area (Å²) in [7, 11) is 0. The van der Waals surface area contributed by atoms with Crippen LogP contribution in [-0.4, -0.2) is 121 Å². The van der Waals surface area contributed by atoms with Gasteiger partial charge in [-0.15, -0.1) is 11.8 Å². The second kappa shape index (κ2) is 16.2. The summed E-state index contributed by atoms with van der Waals surface area (Å²) < 4.78 is 64.2. The molecule has 0 unspecified atom stereocenters. The number of ether oxygens (including phenoxy) is 11. The van der Waals surface area contributed by atoms with Crippen molar-refractivity contribution in [2.24, 2.45) is 0 Å². The summed E-state index contributed by atoms with van der Waals surface area (Å²) in [5.74, 6) is -5.50. The van der Waals surface area contributed by atoms with Gasteiger partial charge < -0.3 is 52.1 Å². The van der Waals surface area contributed by atoms with Crippen molar-refractivity contribution >= 4 is 41.6 Å². The highest BCUT2D eigenvalue weighted by Crippen LogP contribution is 2.44. The van der Waals surface area contributed by atoms with Gasteiger partial charge in [0.25, 0.3) is 0 Å². The Labute approximate surface area is 277 Å². The molecular formula is C30H46O16S. The van der Waals surface area contributed by atoms with Gasteiger partial charge in [-0.2, -0.15) is 0 Å². The normalized spacial score (nSPS) is 28.8. The molecule has 0 aromatic rings. The highest BCUT2D eigenvalue weighted by atomic mass is 32.2. The molecule has 0 aromatic heterocycles. The van der Waals surface area contributed by atoms with Crippen LogP contribution in [0.15, 0.2) is 0 Å². The third-order valence-corrected chi connectivity index (χ3v) is 8.03. The Morgan fingerprint density at radius 3 is 1.72 bits per heavy atom. The fourth-order valence-corrected chi connectivity index (χ4v) is 6.46. The van der Waals surface area contributed by atoms with Crippen LogP contribution in [0, 0.1) is 0 Å². The van der Waals surface area contributed by atoms with Crippen LogP contribution in [0.4, 0.5) is 0 Å². The molecule has 47 heavy (non-hydrogen) atoms. The van der Waals surface area contributed by atoms with Crippen LogP contribution in [-0.2, 0) is 76.1 Å². The molecule has 16 nitrogen and oxygen atoms in total. The number of fused-ring (bicyclic) bond motifs is 3. The van der Waals surface area contributed by atoms with Crippen molar-refractivity contribution in [1.82, 2.24) is 0 Å². The van der Waals surface area contributed by atoms with Crippen molar-refractivity contribution in [1.29, 1.82) is 0 Å². The molecule has 0 aliphatic carbocycles. The van der Waals surface area contributed by atoms with Gasteiger partial charge in [-0.05, 0) is 33.4 Å². The summed E-state index contributed by atoms with van der Waals surface area (Å²) in [4.78, 5) is 61.0. The summed E-state index contributed by atoms with van der Waals surface area (Å²) in [6.45, 7) is 13.7. The first-order valence-electron chi connectivity index (χ1n) is 15.2. The van der Waals surface area contributed by atoms with Gasteiger partial charge >= 0.3 is 29.8 Å². The van der Waals surface area contributed by atoms with Crippen LogP contribution in [0.3, 0.4) is 0 Å². The van der Waals surface area contributed by atoms with Gasteiger partial charge in [0.05, 0.1) is 6.61 Å². The van der Waals surface area contributed by atoms with Crippen molar-refractivity contribution in [3.63, 3.8) is 0 Å². The molecule has 3 fully saturated rings. The summed E-state index contributed by atoms with van der Waals surface area (Å²) in [6.07, 6.45) is -9.46. The largest absolute Gasteiger partial charge is 0.462 e. The molecule has 0 amide bonds. The van der Waals surface area contributed by atoms with Crippen LogP contribution < -0.4 is 0 Å². The number of thioether (sulfide) groups is 1. The first-order chi connectivity index (χ1) is 21.8. The smallest absolute Gasteiger partial charge is 0.303 e. The van der Waals surface area contributed by atoms with E-state index >= 15 is 0 Å². The first-order valence-corrected chi connectivity index (χ1v) is 16.3. The predicted octanol–water partition coefficient (Wildman–Crippen LogP) is 1.77. The van der Waals surface area contributed by atoms with Crippen LogP contribution in [0.2, 0.25) is 0 Å². The molecule has 268 valence electrons. The number of esters is 5. The fraction of sp³-hybridized carbons (Fsp3) is 0.833. The maximum Gasteiger partial charge on any atom is 0.303 e. The zero-order valence-electron chi connectivity index (χ0n) is 28.3. The lowest BCUT2D eigenvalue weighted by Gasteiger charge is -2.40. The van der Waals surface area contributed by atoms with Crippen molar-refractivity contribution in [3.05, 3.63) is 0 Å². The second-order valence-corrected chi connectivity index (χ2v) is 13.4. The molecule has 3 aliphatic heterocycles. The minimum Gasteiger partial charge on any atom is -0.462 e. The van der Waals surface area contributed by atoms with Crippen LogP contribution in [0.5, 0.6) is 0 Å². The minimum atomic E-state index is -1.61. The monoisotopic (exact) mass is 694 g/mol. The molecular weight excluding hydrogens is 648 g/mol. The highest BCUT2D eigenvalue weighted by molar-refractivity contribution is 7.99. The molecule has 0 radical (unpaired) electrons. The van der Waals surface area contributed by atoms with Crippen LogP contribution in [0.25, 0.3) is 0 Å². The SMILES string of the molecule is CCS[C@H](OC[C@H]1O[C@@H]2OC(C)(C)O[C@@H]2[C@H]2OC(C)(C)O[C@H]21)[C@H](OC(C)=O)[C@@H](OC(C)=O)[C@@H](OC(C)=O)[C@@H](COC(C)=O)OC(C)=O. The number of carbonyl (C=O) groups excluding carboxylic acids is 5. The summed E-state index contributed by atoms with van der Waals surface area (Å²) >= 11 is 1.19. The average molecular weight is 695 g/mol. The van der Waals surface area contributed by atoms with E-state index in [0.717, 1.165) is 34.6 Å². The van der Waals surface area contributed by atoms with Gasteiger partial charge in [0.2, 0.25) is 0 Å².